The third-order valence-electron chi connectivity index (χ3n) is 1.30. The number of halogens is 1. The molecular weight excluding hydrogens is 256 g/mol. The fraction of sp³-hybridized carbons (Fsp3) is 0. The summed E-state index contributed by atoms with van der Waals surface area (Å²) in [7, 11) is 0. The van der Waals surface area contributed by atoms with Crippen LogP contribution < -0.4 is 0 Å². The molecule has 1 aromatic rings. The number of nitro groups is 1. The molecule has 0 aromatic heterocycles. The summed E-state index contributed by atoms with van der Waals surface area (Å²) in [6.07, 6.45) is 0. The average Bonchev–Trinajstić information content (AvgIpc) is 2.08. The first-order valence-electron chi connectivity index (χ1n) is 3.17. The molecule has 0 atom stereocenters. The largest absolute Gasteiger partial charge is 0.296 e. The number of rotatable bonds is 2. The number of thiocarbonyl (C=S) groups is 1. The molecule has 4 nitrogen and oxygen atoms in total. The summed E-state index contributed by atoms with van der Waals surface area (Å²) in [4.78, 5) is 13.6. The Bertz CT molecular complexity index is 401. The SMILES string of the molecule is O=[N+]([O-])c1cc(Br)ccc1N=C=S. The summed E-state index contributed by atoms with van der Waals surface area (Å²) < 4.78 is 0.627. The Balaban J connectivity index is 3.34. The highest BCUT2D eigenvalue weighted by Crippen LogP contribution is 2.29. The molecule has 0 spiro atoms. The standard InChI is InChI=1S/C7H3BrN2O2S/c8-5-1-2-6(9-4-13)7(3-5)10(11)12/h1-3H. The van der Waals surface area contributed by atoms with E-state index in [4.69, 9.17) is 0 Å². The topological polar surface area (TPSA) is 55.5 Å². The lowest BCUT2D eigenvalue weighted by Crippen LogP contribution is -1.87. The number of isothiocyanates is 1. The molecule has 0 radical (unpaired) electrons. The highest BCUT2D eigenvalue weighted by Gasteiger charge is 2.12. The van der Waals surface area contributed by atoms with Gasteiger partial charge in [-0.1, -0.05) is 15.9 Å². The quantitative estimate of drug-likeness (QED) is 0.355. The van der Waals surface area contributed by atoms with E-state index in [1.807, 2.05) is 0 Å². The highest BCUT2D eigenvalue weighted by molar-refractivity contribution is 9.10. The van der Waals surface area contributed by atoms with Crippen LogP contribution in [0.1, 0.15) is 0 Å². The van der Waals surface area contributed by atoms with E-state index in [1.54, 1.807) is 6.07 Å². The molecule has 0 aliphatic heterocycles. The zero-order valence-corrected chi connectivity index (χ0v) is 8.63. The van der Waals surface area contributed by atoms with Crippen molar-refractivity contribution in [2.24, 2.45) is 4.99 Å². The smallest absolute Gasteiger partial charge is 0.258 e. The summed E-state index contributed by atoms with van der Waals surface area (Å²) in [5.41, 5.74) is 0.120. The fourth-order valence-electron chi connectivity index (χ4n) is 0.787. The number of hydrogen-bond donors (Lipinski definition) is 0. The Morgan fingerprint density at radius 2 is 2.31 bits per heavy atom. The molecule has 0 unspecified atom stereocenters. The van der Waals surface area contributed by atoms with Gasteiger partial charge in [0.1, 0.15) is 0 Å². The van der Waals surface area contributed by atoms with Crippen LogP contribution in [0, 0.1) is 10.1 Å². The van der Waals surface area contributed by atoms with E-state index in [0.717, 1.165) is 0 Å². The minimum atomic E-state index is -0.518. The van der Waals surface area contributed by atoms with Crippen molar-refractivity contribution >= 4 is 44.7 Å². The second-order valence-electron chi connectivity index (χ2n) is 2.09. The summed E-state index contributed by atoms with van der Waals surface area (Å²) in [5.74, 6) is 0. The van der Waals surface area contributed by atoms with Gasteiger partial charge in [0.05, 0.1) is 10.1 Å². The van der Waals surface area contributed by atoms with Gasteiger partial charge in [0.2, 0.25) is 0 Å². The monoisotopic (exact) mass is 258 g/mol. The average molecular weight is 259 g/mol. The second kappa shape index (κ2) is 4.23. The van der Waals surface area contributed by atoms with E-state index in [0.29, 0.717) is 4.47 Å². The van der Waals surface area contributed by atoms with Crippen molar-refractivity contribution in [3.63, 3.8) is 0 Å². The summed E-state index contributed by atoms with van der Waals surface area (Å²) in [6, 6.07) is 4.52. The molecule has 13 heavy (non-hydrogen) atoms. The summed E-state index contributed by atoms with van der Waals surface area (Å²) >= 11 is 7.49. The lowest BCUT2D eigenvalue weighted by molar-refractivity contribution is -0.384. The molecule has 1 rings (SSSR count). The van der Waals surface area contributed by atoms with Crippen LogP contribution in [0.25, 0.3) is 0 Å². The van der Waals surface area contributed by atoms with E-state index < -0.39 is 4.92 Å². The lowest BCUT2D eigenvalue weighted by atomic mass is 10.3. The summed E-state index contributed by atoms with van der Waals surface area (Å²) in [6.45, 7) is 0. The fourth-order valence-corrected chi connectivity index (χ4v) is 1.23. The molecule has 0 saturated carbocycles. The van der Waals surface area contributed by atoms with Crippen molar-refractivity contribution < 1.29 is 4.92 Å². The van der Waals surface area contributed by atoms with Crippen LogP contribution in [0.3, 0.4) is 0 Å². The molecule has 0 saturated heterocycles. The number of hydrogen-bond acceptors (Lipinski definition) is 4. The third-order valence-corrected chi connectivity index (χ3v) is 1.88. The van der Waals surface area contributed by atoms with E-state index in [2.05, 4.69) is 38.3 Å². The minimum Gasteiger partial charge on any atom is -0.258 e. The maximum atomic E-state index is 10.5. The van der Waals surface area contributed by atoms with Crippen LogP contribution in [0.2, 0.25) is 0 Å². The Labute approximate surface area is 87.6 Å². The van der Waals surface area contributed by atoms with Gasteiger partial charge in [0.25, 0.3) is 5.69 Å². The molecule has 1 aromatic carbocycles. The molecule has 0 aliphatic carbocycles. The van der Waals surface area contributed by atoms with E-state index in [-0.39, 0.29) is 11.4 Å². The number of nitro benzene ring substituents is 1. The van der Waals surface area contributed by atoms with Gasteiger partial charge in [-0.2, -0.15) is 4.99 Å². The van der Waals surface area contributed by atoms with Gasteiger partial charge in [-0.15, -0.1) is 0 Å². The predicted octanol–water partition coefficient (Wildman–Crippen LogP) is 3.09. The van der Waals surface area contributed by atoms with E-state index >= 15 is 0 Å². The van der Waals surface area contributed by atoms with Crippen LogP contribution in [0.5, 0.6) is 0 Å². The molecule has 0 N–H and O–H groups in total. The Hall–Kier alpha value is -1.10. The number of aliphatic imine (C=N–C) groups is 1. The second-order valence-corrected chi connectivity index (χ2v) is 3.19. The molecular formula is C7H3BrN2O2S. The maximum absolute atomic E-state index is 10.5. The van der Waals surface area contributed by atoms with Gasteiger partial charge in [-0.25, -0.2) is 0 Å². The molecule has 0 fully saturated rings. The van der Waals surface area contributed by atoms with Gasteiger partial charge < -0.3 is 0 Å². The number of benzene rings is 1. The van der Waals surface area contributed by atoms with Crippen LogP contribution in [0.4, 0.5) is 11.4 Å². The normalized spacial score (nSPS) is 9.00. The predicted molar refractivity (Wildman–Crippen MR) is 55.5 cm³/mol. The number of nitrogens with zero attached hydrogens (tertiary/aromatic N) is 2. The molecule has 0 aliphatic rings. The lowest BCUT2D eigenvalue weighted by Gasteiger charge is -1.95. The minimum absolute atomic E-state index is 0.0910. The van der Waals surface area contributed by atoms with Gasteiger partial charge in [-0.05, 0) is 24.4 Å². The van der Waals surface area contributed by atoms with Gasteiger partial charge in [0.15, 0.2) is 5.69 Å². The van der Waals surface area contributed by atoms with Gasteiger partial charge >= 0.3 is 0 Å². The first-order chi connectivity index (χ1) is 6.15. The summed E-state index contributed by atoms with van der Waals surface area (Å²) in [5, 5.41) is 12.6. The van der Waals surface area contributed by atoms with Crippen LogP contribution in [-0.2, 0) is 0 Å². The van der Waals surface area contributed by atoms with E-state index in [9.17, 15) is 10.1 Å². The van der Waals surface area contributed by atoms with Crippen molar-refractivity contribution in [2.45, 2.75) is 0 Å². The molecule has 0 amide bonds. The maximum Gasteiger partial charge on any atom is 0.296 e. The van der Waals surface area contributed by atoms with Gasteiger partial charge in [-0.3, -0.25) is 10.1 Å². The first-order valence-corrected chi connectivity index (χ1v) is 4.37. The van der Waals surface area contributed by atoms with Crippen molar-refractivity contribution in [3.8, 4) is 0 Å². The Morgan fingerprint density at radius 3 is 2.85 bits per heavy atom. The molecule has 0 heterocycles. The van der Waals surface area contributed by atoms with Crippen molar-refractivity contribution in [1.29, 1.82) is 0 Å². The molecule has 0 bridgehead atoms. The highest BCUT2D eigenvalue weighted by atomic mass is 79.9. The van der Waals surface area contributed by atoms with Crippen LogP contribution in [-0.4, -0.2) is 10.1 Å². The molecule has 66 valence electrons. The molecule has 6 heteroatoms. The van der Waals surface area contributed by atoms with Gasteiger partial charge in [0, 0.05) is 10.5 Å². The Kier molecular flexibility index (Phi) is 3.25. The Morgan fingerprint density at radius 1 is 1.62 bits per heavy atom. The van der Waals surface area contributed by atoms with Crippen LogP contribution >= 0.6 is 28.1 Å². The zero-order valence-electron chi connectivity index (χ0n) is 6.23. The van der Waals surface area contributed by atoms with Crippen molar-refractivity contribution in [3.05, 3.63) is 32.8 Å². The van der Waals surface area contributed by atoms with Crippen molar-refractivity contribution in [1.82, 2.24) is 0 Å². The van der Waals surface area contributed by atoms with Crippen molar-refractivity contribution in [2.75, 3.05) is 0 Å². The third kappa shape index (κ3) is 2.42. The zero-order chi connectivity index (χ0) is 9.84. The first kappa shape index (κ1) is 9.98. The van der Waals surface area contributed by atoms with E-state index in [1.165, 1.54) is 12.1 Å². The van der Waals surface area contributed by atoms with Crippen LogP contribution in [0.15, 0.2) is 27.7 Å².